The highest BCUT2D eigenvalue weighted by atomic mass is 127. The number of aromatic nitrogens is 2. The van der Waals surface area contributed by atoms with Crippen molar-refractivity contribution >= 4 is 22.6 Å². The molecule has 1 aromatic carbocycles. The molecule has 0 saturated carbocycles. The molecule has 0 aliphatic carbocycles. The molecule has 0 amide bonds. The Labute approximate surface area is 90.8 Å². The fourth-order valence-electron chi connectivity index (χ4n) is 1.21. The summed E-state index contributed by atoms with van der Waals surface area (Å²) in [5.74, 6) is 0. The van der Waals surface area contributed by atoms with Gasteiger partial charge in [-0.15, -0.1) is 0 Å². The van der Waals surface area contributed by atoms with Gasteiger partial charge >= 0.3 is 0 Å². The van der Waals surface area contributed by atoms with E-state index in [9.17, 15) is 0 Å². The molecule has 0 unspecified atom stereocenters. The fraction of sp³-hybridized carbons (Fsp3) is 0.100. The summed E-state index contributed by atoms with van der Waals surface area (Å²) in [6.07, 6.45) is 3.82. The van der Waals surface area contributed by atoms with Gasteiger partial charge in [0.15, 0.2) is 3.83 Å². The van der Waals surface area contributed by atoms with Crippen LogP contribution in [-0.4, -0.2) is 9.55 Å². The van der Waals surface area contributed by atoms with Crippen molar-refractivity contribution in [2.24, 2.45) is 0 Å². The summed E-state index contributed by atoms with van der Waals surface area (Å²) in [7, 11) is 0. The maximum absolute atomic E-state index is 4.16. The SMILES string of the molecule is Ic1nccn1Cc1ccccc1. The second-order valence-corrected chi connectivity index (χ2v) is 3.77. The first-order chi connectivity index (χ1) is 6.36. The van der Waals surface area contributed by atoms with Gasteiger partial charge in [-0.3, -0.25) is 0 Å². The first-order valence-electron chi connectivity index (χ1n) is 4.07. The summed E-state index contributed by atoms with van der Waals surface area (Å²) >= 11 is 2.23. The lowest BCUT2D eigenvalue weighted by atomic mass is 10.2. The molecule has 2 aromatic rings. The Morgan fingerprint density at radius 3 is 2.62 bits per heavy atom. The summed E-state index contributed by atoms with van der Waals surface area (Å²) in [4.78, 5) is 4.16. The van der Waals surface area contributed by atoms with E-state index in [2.05, 4.69) is 56.4 Å². The van der Waals surface area contributed by atoms with Gasteiger partial charge in [-0.25, -0.2) is 4.98 Å². The third-order valence-electron chi connectivity index (χ3n) is 1.86. The average molecular weight is 284 g/mol. The highest BCUT2D eigenvalue weighted by Gasteiger charge is 1.97. The van der Waals surface area contributed by atoms with Crippen molar-refractivity contribution in [3.05, 3.63) is 52.1 Å². The van der Waals surface area contributed by atoms with E-state index < -0.39 is 0 Å². The average Bonchev–Trinajstić information content (AvgIpc) is 2.54. The molecule has 0 N–H and O–H groups in total. The second-order valence-electron chi connectivity index (χ2n) is 2.81. The number of rotatable bonds is 2. The van der Waals surface area contributed by atoms with Crippen LogP contribution in [-0.2, 0) is 6.54 Å². The number of benzene rings is 1. The van der Waals surface area contributed by atoms with Crippen LogP contribution in [0.1, 0.15) is 5.56 Å². The molecule has 0 atom stereocenters. The third kappa shape index (κ3) is 2.09. The molecule has 3 heteroatoms. The van der Waals surface area contributed by atoms with E-state index in [0.29, 0.717) is 0 Å². The Bertz CT molecular complexity index is 381. The number of halogens is 1. The van der Waals surface area contributed by atoms with Gasteiger partial charge in [0, 0.05) is 18.9 Å². The van der Waals surface area contributed by atoms with Crippen LogP contribution >= 0.6 is 22.6 Å². The highest BCUT2D eigenvalue weighted by Crippen LogP contribution is 2.06. The normalized spacial score (nSPS) is 10.2. The monoisotopic (exact) mass is 284 g/mol. The van der Waals surface area contributed by atoms with Gasteiger partial charge in [0.2, 0.25) is 0 Å². The number of nitrogens with zero attached hydrogens (tertiary/aromatic N) is 2. The maximum Gasteiger partial charge on any atom is 0.171 e. The van der Waals surface area contributed by atoms with Crippen molar-refractivity contribution in [2.75, 3.05) is 0 Å². The minimum Gasteiger partial charge on any atom is -0.322 e. The van der Waals surface area contributed by atoms with Gasteiger partial charge in [-0.05, 0) is 28.2 Å². The largest absolute Gasteiger partial charge is 0.322 e. The molecule has 66 valence electrons. The van der Waals surface area contributed by atoms with Gasteiger partial charge in [0.05, 0.1) is 0 Å². The molecule has 2 rings (SSSR count). The molecule has 0 aliphatic heterocycles. The van der Waals surface area contributed by atoms with Gasteiger partial charge < -0.3 is 4.57 Å². The van der Waals surface area contributed by atoms with Crippen LogP contribution in [0.15, 0.2) is 42.7 Å². The van der Waals surface area contributed by atoms with Gasteiger partial charge in [-0.1, -0.05) is 30.3 Å². The first-order valence-corrected chi connectivity index (χ1v) is 5.15. The van der Waals surface area contributed by atoms with Crippen LogP contribution < -0.4 is 0 Å². The highest BCUT2D eigenvalue weighted by molar-refractivity contribution is 14.1. The summed E-state index contributed by atoms with van der Waals surface area (Å²) in [6.45, 7) is 0.902. The van der Waals surface area contributed by atoms with E-state index in [1.165, 1.54) is 5.56 Å². The summed E-state index contributed by atoms with van der Waals surface area (Å²) in [5.41, 5.74) is 1.30. The molecule has 0 aliphatic rings. The van der Waals surface area contributed by atoms with Crippen LogP contribution in [0.4, 0.5) is 0 Å². The fourth-order valence-corrected chi connectivity index (χ4v) is 1.70. The van der Waals surface area contributed by atoms with Crippen molar-refractivity contribution in [1.82, 2.24) is 9.55 Å². The summed E-state index contributed by atoms with van der Waals surface area (Å²) in [6, 6.07) is 10.4. The molecule has 13 heavy (non-hydrogen) atoms. The van der Waals surface area contributed by atoms with Crippen LogP contribution in [0, 0.1) is 3.83 Å². The smallest absolute Gasteiger partial charge is 0.171 e. The van der Waals surface area contributed by atoms with E-state index in [1.807, 2.05) is 18.5 Å². The second kappa shape index (κ2) is 3.91. The topological polar surface area (TPSA) is 17.8 Å². The van der Waals surface area contributed by atoms with E-state index >= 15 is 0 Å². The van der Waals surface area contributed by atoms with E-state index in [-0.39, 0.29) is 0 Å². The molecule has 0 saturated heterocycles. The van der Waals surface area contributed by atoms with Crippen LogP contribution in [0.2, 0.25) is 0 Å². The Balaban J connectivity index is 2.20. The van der Waals surface area contributed by atoms with E-state index in [1.54, 1.807) is 0 Å². The zero-order valence-electron chi connectivity index (χ0n) is 7.02. The predicted molar refractivity (Wildman–Crippen MR) is 60.5 cm³/mol. The zero-order valence-corrected chi connectivity index (χ0v) is 9.18. The quantitative estimate of drug-likeness (QED) is 0.775. The van der Waals surface area contributed by atoms with E-state index in [0.717, 1.165) is 10.4 Å². The zero-order chi connectivity index (χ0) is 9.10. The summed E-state index contributed by atoms with van der Waals surface area (Å²) < 4.78 is 3.15. The Morgan fingerprint density at radius 2 is 2.00 bits per heavy atom. The van der Waals surface area contributed by atoms with Crippen molar-refractivity contribution < 1.29 is 0 Å². The minimum atomic E-state index is 0.902. The molecule has 0 spiro atoms. The van der Waals surface area contributed by atoms with Gasteiger partial charge in [-0.2, -0.15) is 0 Å². The lowest BCUT2D eigenvalue weighted by Crippen LogP contribution is -2.00. The molecular formula is C10H9IN2. The lowest BCUT2D eigenvalue weighted by Gasteiger charge is -2.02. The van der Waals surface area contributed by atoms with Gasteiger partial charge in [0.25, 0.3) is 0 Å². The number of hydrogen-bond acceptors (Lipinski definition) is 1. The van der Waals surface area contributed by atoms with Crippen molar-refractivity contribution in [1.29, 1.82) is 0 Å². The predicted octanol–water partition coefficient (Wildman–Crippen LogP) is 2.54. The Morgan fingerprint density at radius 1 is 1.23 bits per heavy atom. The molecule has 1 aromatic heterocycles. The van der Waals surface area contributed by atoms with Crippen molar-refractivity contribution in [3.8, 4) is 0 Å². The van der Waals surface area contributed by atoms with E-state index in [4.69, 9.17) is 0 Å². The summed E-state index contributed by atoms with van der Waals surface area (Å²) in [5, 5.41) is 0. The number of hydrogen-bond donors (Lipinski definition) is 0. The molecule has 1 heterocycles. The number of imidazole rings is 1. The van der Waals surface area contributed by atoms with Crippen molar-refractivity contribution in [2.45, 2.75) is 6.54 Å². The van der Waals surface area contributed by atoms with Crippen molar-refractivity contribution in [3.63, 3.8) is 0 Å². The Kier molecular flexibility index (Phi) is 2.63. The van der Waals surface area contributed by atoms with Crippen LogP contribution in [0.5, 0.6) is 0 Å². The Hall–Kier alpha value is -0.840. The molecule has 0 radical (unpaired) electrons. The maximum atomic E-state index is 4.16. The minimum absolute atomic E-state index is 0.902. The van der Waals surface area contributed by atoms with Crippen LogP contribution in [0.25, 0.3) is 0 Å². The lowest BCUT2D eigenvalue weighted by molar-refractivity contribution is 0.772. The molecule has 0 fully saturated rings. The van der Waals surface area contributed by atoms with Gasteiger partial charge in [0.1, 0.15) is 0 Å². The molecule has 2 nitrogen and oxygen atoms in total. The first kappa shape index (κ1) is 8.74. The molecule has 0 bridgehead atoms. The van der Waals surface area contributed by atoms with Crippen LogP contribution in [0.3, 0.4) is 0 Å². The third-order valence-corrected chi connectivity index (χ3v) is 2.76. The standard InChI is InChI=1S/C10H9IN2/c11-10-12-6-7-13(10)8-9-4-2-1-3-5-9/h1-7H,8H2. The molecular weight excluding hydrogens is 275 g/mol.